The van der Waals surface area contributed by atoms with Gasteiger partial charge in [0.1, 0.15) is 0 Å². The van der Waals surface area contributed by atoms with Gasteiger partial charge < -0.3 is 9.47 Å². The van der Waals surface area contributed by atoms with Gasteiger partial charge in [0.25, 0.3) is 11.8 Å². The highest BCUT2D eigenvalue weighted by Crippen LogP contribution is 2.43. The maximum absolute atomic E-state index is 13.2. The van der Waals surface area contributed by atoms with E-state index >= 15 is 0 Å². The molecule has 34 heavy (non-hydrogen) atoms. The first-order valence-electron chi connectivity index (χ1n) is 10.9. The fourth-order valence-corrected chi connectivity index (χ4v) is 4.84. The monoisotopic (exact) mass is 473 g/mol. The SMILES string of the molecule is COc1ccc(-c2cc(C(=O)NNC(=O)c3sccc3C3CC3)c3ccccc3n2)cc1OC. The zero-order chi connectivity index (χ0) is 23.7. The molecule has 2 N–H and O–H groups in total. The smallest absolute Gasteiger partial charge is 0.280 e. The fraction of sp³-hybridized carbons (Fsp3) is 0.192. The van der Waals surface area contributed by atoms with Gasteiger partial charge in [0.05, 0.1) is 35.9 Å². The Labute approximate surface area is 200 Å². The number of thiophene rings is 1. The molecule has 2 heterocycles. The number of hydrazine groups is 1. The number of nitrogens with one attached hydrogen (secondary N) is 2. The number of hydrogen-bond acceptors (Lipinski definition) is 6. The molecule has 8 heteroatoms. The number of amides is 2. The summed E-state index contributed by atoms with van der Waals surface area (Å²) in [5.74, 6) is 0.903. The first-order chi connectivity index (χ1) is 16.6. The number of nitrogens with zero attached hydrogens (tertiary/aromatic N) is 1. The molecule has 172 valence electrons. The van der Waals surface area contributed by atoms with E-state index in [1.807, 2.05) is 47.8 Å². The fourth-order valence-electron chi connectivity index (χ4n) is 3.96. The number of ether oxygens (including phenoxy) is 2. The van der Waals surface area contributed by atoms with Crippen LogP contribution in [0.15, 0.2) is 60.0 Å². The summed E-state index contributed by atoms with van der Waals surface area (Å²) in [6.45, 7) is 0. The van der Waals surface area contributed by atoms with Gasteiger partial charge in [-0.15, -0.1) is 11.3 Å². The number of carbonyl (C=O) groups excluding carboxylic acids is 2. The maximum atomic E-state index is 13.2. The van der Waals surface area contributed by atoms with Crippen molar-refractivity contribution in [1.29, 1.82) is 0 Å². The van der Waals surface area contributed by atoms with Crippen molar-refractivity contribution in [1.82, 2.24) is 15.8 Å². The third-order valence-corrected chi connectivity index (χ3v) is 6.78. The standard InChI is InChI=1S/C26H23N3O4S/c1-32-22-10-9-16(13-23(22)33-2)21-14-19(18-5-3-4-6-20(18)27-21)25(30)28-29-26(31)24-17(11-12-34-24)15-7-8-15/h3-6,9-15H,7-8H2,1-2H3,(H,28,30)(H,29,31). The van der Waals surface area contributed by atoms with Crippen LogP contribution in [-0.4, -0.2) is 31.0 Å². The van der Waals surface area contributed by atoms with Crippen molar-refractivity contribution >= 4 is 34.1 Å². The van der Waals surface area contributed by atoms with Gasteiger partial charge in [0, 0.05) is 10.9 Å². The summed E-state index contributed by atoms with van der Waals surface area (Å²) in [5.41, 5.74) is 8.67. The first-order valence-corrected chi connectivity index (χ1v) is 11.8. The van der Waals surface area contributed by atoms with Crippen molar-refractivity contribution in [3.8, 4) is 22.8 Å². The number of aromatic nitrogens is 1. The molecule has 2 aromatic carbocycles. The molecular formula is C26H23N3O4S. The van der Waals surface area contributed by atoms with Crippen LogP contribution in [0.25, 0.3) is 22.2 Å². The number of benzene rings is 2. The molecule has 7 nitrogen and oxygen atoms in total. The van der Waals surface area contributed by atoms with Gasteiger partial charge in [0.2, 0.25) is 0 Å². The van der Waals surface area contributed by atoms with E-state index in [0.29, 0.717) is 44.5 Å². The highest BCUT2D eigenvalue weighted by atomic mass is 32.1. The molecule has 1 fully saturated rings. The molecular weight excluding hydrogens is 450 g/mol. The molecule has 0 spiro atoms. The summed E-state index contributed by atoms with van der Waals surface area (Å²) in [6, 6.07) is 16.6. The Bertz CT molecular complexity index is 1390. The second-order valence-electron chi connectivity index (χ2n) is 8.03. The predicted molar refractivity (Wildman–Crippen MR) is 132 cm³/mol. The molecule has 0 radical (unpaired) electrons. The Morgan fingerprint density at radius 2 is 1.71 bits per heavy atom. The van der Waals surface area contributed by atoms with Gasteiger partial charge in [-0.1, -0.05) is 18.2 Å². The van der Waals surface area contributed by atoms with Gasteiger partial charge >= 0.3 is 0 Å². The van der Waals surface area contributed by atoms with Crippen molar-refractivity contribution in [3.05, 3.63) is 76.0 Å². The minimum atomic E-state index is -0.418. The van der Waals surface area contributed by atoms with Crippen LogP contribution in [0, 0.1) is 0 Å². The largest absolute Gasteiger partial charge is 0.493 e. The highest BCUT2D eigenvalue weighted by molar-refractivity contribution is 7.12. The Hall–Kier alpha value is -3.91. The third kappa shape index (κ3) is 4.20. The van der Waals surface area contributed by atoms with E-state index in [1.165, 1.54) is 11.3 Å². The van der Waals surface area contributed by atoms with E-state index in [1.54, 1.807) is 26.4 Å². The molecule has 0 saturated heterocycles. The summed E-state index contributed by atoms with van der Waals surface area (Å²) in [7, 11) is 3.14. The molecule has 0 unspecified atom stereocenters. The number of pyridine rings is 1. The zero-order valence-electron chi connectivity index (χ0n) is 18.8. The summed E-state index contributed by atoms with van der Waals surface area (Å²) < 4.78 is 10.7. The Morgan fingerprint density at radius 3 is 2.47 bits per heavy atom. The van der Waals surface area contributed by atoms with Gasteiger partial charge in [-0.3, -0.25) is 20.4 Å². The summed E-state index contributed by atoms with van der Waals surface area (Å²) in [4.78, 5) is 31.3. The van der Waals surface area contributed by atoms with Crippen molar-refractivity contribution < 1.29 is 19.1 Å². The molecule has 1 aliphatic carbocycles. The number of para-hydroxylation sites is 1. The van der Waals surface area contributed by atoms with Crippen LogP contribution in [0.3, 0.4) is 0 Å². The van der Waals surface area contributed by atoms with E-state index in [0.717, 1.165) is 24.0 Å². The summed E-state index contributed by atoms with van der Waals surface area (Å²) >= 11 is 1.39. The van der Waals surface area contributed by atoms with Crippen LogP contribution >= 0.6 is 11.3 Å². The van der Waals surface area contributed by atoms with Crippen LogP contribution in [-0.2, 0) is 0 Å². The average molecular weight is 474 g/mol. The Morgan fingerprint density at radius 1 is 0.941 bits per heavy atom. The number of fused-ring (bicyclic) bond motifs is 1. The van der Waals surface area contributed by atoms with E-state index < -0.39 is 5.91 Å². The number of carbonyl (C=O) groups is 2. The molecule has 1 aliphatic rings. The zero-order valence-corrected chi connectivity index (χ0v) is 19.6. The Kier molecular flexibility index (Phi) is 5.90. The van der Waals surface area contributed by atoms with Gasteiger partial charge in [-0.2, -0.15) is 0 Å². The normalized spacial score (nSPS) is 12.9. The van der Waals surface area contributed by atoms with Crippen LogP contribution in [0.4, 0.5) is 0 Å². The van der Waals surface area contributed by atoms with E-state index in [-0.39, 0.29) is 5.91 Å². The maximum Gasteiger partial charge on any atom is 0.280 e. The van der Waals surface area contributed by atoms with Crippen molar-refractivity contribution in [2.75, 3.05) is 14.2 Å². The quantitative estimate of drug-likeness (QED) is 0.388. The van der Waals surface area contributed by atoms with Crippen molar-refractivity contribution in [3.63, 3.8) is 0 Å². The molecule has 1 saturated carbocycles. The molecule has 2 aromatic heterocycles. The van der Waals surface area contributed by atoms with Crippen LogP contribution in [0.2, 0.25) is 0 Å². The summed E-state index contributed by atoms with van der Waals surface area (Å²) in [6.07, 6.45) is 2.20. The summed E-state index contributed by atoms with van der Waals surface area (Å²) in [5, 5.41) is 2.60. The lowest BCUT2D eigenvalue weighted by atomic mass is 10.0. The number of rotatable bonds is 6. The lowest BCUT2D eigenvalue weighted by molar-refractivity contribution is 0.0849. The predicted octanol–water partition coefficient (Wildman–Crippen LogP) is 4.93. The molecule has 4 aromatic rings. The lowest BCUT2D eigenvalue weighted by Gasteiger charge is -2.13. The topological polar surface area (TPSA) is 89.6 Å². The van der Waals surface area contributed by atoms with Crippen LogP contribution in [0.5, 0.6) is 11.5 Å². The Balaban J connectivity index is 1.44. The van der Waals surface area contributed by atoms with Crippen molar-refractivity contribution in [2.24, 2.45) is 0 Å². The van der Waals surface area contributed by atoms with Gasteiger partial charge in [0.15, 0.2) is 11.5 Å². The minimum Gasteiger partial charge on any atom is -0.493 e. The van der Waals surface area contributed by atoms with Crippen LogP contribution in [0.1, 0.15) is 44.4 Å². The minimum absolute atomic E-state index is 0.302. The second kappa shape index (κ2) is 9.15. The number of hydrogen-bond donors (Lipinski definition) is 2. The van der Waals surface area contributed by atoms with Gasteiger partial charge in [-0.25, -0.2) is 4.98 Å². The highest BCUT2D eigenvalue weighted by Gasteiger charge is 2.29. The molecule has 0 aliphatic heterocycles. The first kappa shape index (κ1) is 21.9. The van der Waals surface area contributed by atoms with Gasteiger partial charge in [-0.05, 0) is 66.1 Å². The molecule has 0 bridgehead atoms. The lowest BCUT2D eigenvalue weighted by Crippen LogP contribution is -2.41. The average Bonchev–Trinajstić information content (AvgIpc) is 3.61. The van der Waals surface area contributed by atoms with E-state index in [9.17, 15) is 9.59 Å². The van der Waals surface area contributed by atoms with E-state index in [2.05, 4.69) is 10.9 Å². The second-order valence-corrected chi connectivity index (χ2v) is 8.95. The molecule has 2 amide bonds. The van der Waals surface area contributed by atoms with Crippen LogP contribution < -0.4 is 20.3 Å². The number of methoxy groups -OCH3 is 2. The van der Waals surface area contributed by atoms with Crippen molar-refractivity contribution in [2.45, 2.75) is 18.8 Å². The molecule has 5 rings (SSSR count). The van der Waals surface area contributed by atoms with E-state index in [4.69, 9.17) is 14.5 Å². The molecule has 0 atom stereocenters. The third-order valence-electron chi connectivity index (χ3n) is 5.85.